The summed E-state index contributed by atoms with van der Waals surface area (Å²) in [5.41, 5.74) is 1.82. The van der Waals surface area contributed by atoms with Crippen molar-refractivity contribution in [2.75, 3.05) is 0 Å². The van der Waals surface area contributed by atoms with E-state index in [1.54, 1.807) is 0 Å². The first-order valence-electron chi connectivity index (χ1n) is 11.5. The van der Waals surface area contributed by atoms with Crippen molar-refractivity contribution in [3.63, 3.8) is 0 Å². The maximum atomic E-state index is 14.5. The van der Waals surface area contributed by atoms with Gasteiger partial charge < -0.3 is 4.52 Å². The number of halogens is 3. The van der Waals surface area contributed by atoms with Crippen molar-refractivity contribution in [3.8, 4) is 5.75 Å². The van der Waals surface area contributed by atoms with Crippen LogP contribution in [0.15, 0.2) is 36.4 Å². The van der Waals surface area contributed by atoms with Crippen LogP contribution in [-0.4, -0.2) is 6.10 Å². The molecule has 2 aromatic carbocycles. The second-order valence-corrected chi connectivity index (χ2v) is 11.7. The summed E-state index contributed by atoms with van der Waals surface area (Å²) in [4.78, 5) is 0. The van der Waals surface area contributed by atoms with Crippen LogP contribution >= 0.6 is 7.60 Å². The summed E-state index contributed by atoms with van der Waals surface area (Å²) in [6.07, 6.45) is -1.86. The molecule has 0 N–H and O–H groups in total. The largest absolute Gasteiger partial charge is 0.421 e. The first-order chi connectivity index (χ1) is 15.3. The van der Waals surface area contributed by atoms with E-state index >= 15 is 0 Å². The molecule has 0 amide bonds. The van der Waals surface area contributed by atoms with Crippen molar-refractivity contribution in [3.05, 3.63) is 58.7 Å². The van der Waals surface area contributed by atoms with E-state index in [9.17, 15) is 17.7 Å². The van der Waals surface area contributed by atoms with Gasteiger partial charge in [-0.1, -0.05) is 44.9 Å². The van der Waals surface area contributed by atoms with Crippen molar-refractivity contribution in [2.45, 2.75) is 73.1 Å². The van der Waals surface area contributed by atoms with Crippen LogP contribution in [0.1, 0.15) is 62.3 Å². The molecule has 3 nitrogen and oxygen atoms in total. The van der Waals surface area contributed by atoms with Crippen LogP contribution in [0.3, 0.4) is 0 Å². The van der Waals surface area contributed by atoms with Crippen LogP contribution in [0.4, 0.5) is 13.2 Å². The van der Waals surface area contributed by atoms with Gasteiger partial charge in [0.05, 0.1) is 17.0 Å². The standard InChI is InChI=1S/C26H34F3O3P/c1-16(2)23-12-7-17(3)15-24(23)32-33(30,25-19(5)13-18(4)14-20(25)6)31-22-10-8-21(9-11-22)26(27,28)29/h8-11,13-14,16-17,23-24H,7,12,15H2,1-6H3/t17-,23+,24-,33?/m1/s1. The van der Waals surface area contributed by atoms with Gasteiger partial charge in [0.2, 0.25) is 0 Å². The van der Waals surface area contributed by atoms with Crippen molar-refractivity contribution >= 4 is 12.9 Å². The van der Waals surface area contributed by atoms with E-state index in [0.29, 0.717) is 17.1 Å². The van der Waals surface area contributed by atoms with E-state index in [4.69, 9.17) is 9.05 Å². The van der Waals surface area contributed by atoms with Gasteiger partial charge in [0.15, 0.2) is 0 Å². The van der Waals surface area contributed by atoms with Gasteiger partial charge in [-0.25, -0.2) is 4.57 Å². The first kappa shape index (κ1) is 25.8. The van der Waals surface area contributed by atoms with E-state index in [1.807, 2.05) is 32.9 Å². The van der Waals surface area contributed by atoms with E-state index < -0.39 is 19.3 Å². The summed E-state index contributed by atoms with van der Waals surface area (Å²) in [7, 11) is -3.90. The molecule has 1 aliphatic rings. The molecule has 0 aromatic heterocycles. The average molecular weight is 483 g/mol. The predicted molar refractivity (Wildman–Crippen MR) is 126 cm³/mol. The van der Waals surface area contributed by atoms with Crippen LogP contribution in [0.25, 0.3) is 0 Å². The Bertz CT molecular complexity index is 991. The Labute approximate surface area is 195 Å². The van der Waals surface area contributed by atoms with Gasteiger partial charge in [-0.15, -0.1) is 0 Å². The molecule has 0 aliphatic heterocycles. The van der Waals surface area contributed by atoms with Crippen molar-refractivity contribution in [1.29, 1.82) is 0 Å². The zero-order chi connectivity index (χ0) is 24.6. The molecule has 1 fully saturated rings. The Morgan fingerprint density at radius 2 is 1.58 bits per heavy atom. The van der Waals surface area contributed by atoms with Gasteiger partial charge in [-0.05, 0) is 86.8 Å². The van der Waals surface area contributed by atoms with Crippen LogP contribution in [-0.2, 0) is 15.3 Å². The zero-order valence-corrected chi connectivity index (χ0v) is 21.1. The quantitative estimate of drug-likeness (QED) is 0.391. The summed E-state index contributed by atoms with van der Waals surface area (Å²) in [6.45, 7) is 12.1. The molecule has 2 aromatic rings. The third kappa shape index (κ3) is 6.02. The monoisotopic (exact) mass is 482 g/mol. The molecule has 1 unspecified atom stereocenters. The van der Waals surface area contributed by atoms with Crippen LogP contribution in [0, 0.1) is 38.5 Å². The Hall–Kier alpha value is -1.78. The highest BCUT2D eigenvalue weighted by molar-refractivity contribution is 7.62. The van der Waals surface area contributed by atoms with E-state index in [0.717, 1.165) is 48.1 Å². The lowest BCUT2D eigenvalue weighted by atomic mass is 9.75. The van der Waals surface area contributed by atoms with Crippen LogP contribution < -0.4 is 9.83 Å². The lowest BCUT2D eigenvalue weighted by molar-refractivity contribution is -0.137. The normalized spacial score (nSPS) is 23.4. The first-order valence-corrected chi connectivity index (χ1v) is 13.1. The summed E-state index contributed by atoms with van der Waals surface area (Å²) < 4.78 is 65.9. The molecule has 0 bridgehead atoms. The molecule has 1 saturated carbocycles. The van der Waals surface area contributed by atoms with E-state index in [2.05, 4.69) is 20.8 Å². The molecule has 0 radical (unpaired) electrons. The number of alkyl halides is 3. The Kier molecular flexibility index (Phi) is 7.70. The predicted octanol–water partition coefficient (Wildman–Crippen LogP) is 8.01. The Balaban J connectivity index is 2.04. The second kappa shape index (κ2) is 9.84. The smallest absolute Gasteiger partial charge is 0.416 e. The van der Waals surface area contributed by atoms with Crippen molar-refractivity contribution in [2.24, 2.45) is 17.8 Å². The number of aryl methyl sites for hydroxylation is 3. The molecule has 0 heterocycles. The van der Waals surface area contributed by atoms with Gasteiger partial charge in [-0.2, -0.15) is 13.2 Å². The maximum Gasteiger partial charge on any atom is 0.416 e. The SMILES string of the molecule is Cc1cc(C)c(P(=O)(Oc2ccc(C(F)(F)F)cc2)O[C@@H]2C[C@H](C)CC[C@H]2C(C)C)c(C)c1. The third-order valence-corrected chi connectivity index (χ3v) is 8.80. The number of hydrogen-bond donors (Lipinski definition) is 0. The fourth-order valence-corrected chi connectivity index (χ4v) is 7.21. The minimum Gasteiger partial charge on any atom is -0.421 e. The number of benzene rings is 2. The van der Waals surface area contributed by atoms with E-state index in [-0.39, 0.29) is 17.8 Å². The molecule has 4 atom stereocenters. The third-order valence-electron chi connectivity index (χ3n) is 6.55. The fraction of sp³-hybridized carbons (Fsp3) is 0.538. The minimum absolute atomic E-state index is 0.0932. The van der Waals surface area contributed by atoms with Gasteiger partial charge in [0.1, 0.15) is 5.75 Å². The molecule has 7 heteroatoms. The van der Waals surface area contributed by atoms with E-state index in [1.165, 1.54) is 12.1 Å². The van der Waals surface area contributed by atoms with Gasteiger partial charge in [0, 0.05) is 0 Å². The van der Waals surface area contributed by atoms with Crippen LogP contribution in [0.2, 0.25) is 0 Å². The topological polar surface area (TPSA) is 35.5 Å². The lowest BCUT2D eigenvalue weighted by Gasteiger charge is -2.39. The highest BCUT2D eigenvalue weighted by atomic mass is 31.2. The molecule has 1 aliphatic carbocycles. The Morgan fingerprint density at radius 3 is 2.09 bits per heavy atom. The molecule has 0 spiro atoms. The van der Waals surface area contributed by atoms with Crippen LogP contribution in [0.5, 0.6) is 5.75 Å². The van der Waals surface area contributed by atoms with Gasteiger partial charge in [0.25, 0.3) is 0 Å². The zero-order valence-electron chi connectivity index (χ0n) is 20.2. The number of rotatable bonds is 6. The van der Waals surface area contributed by atoms with Gasteiger partial charge >= 0.3 is 13.8 Å². The lowest BCUT2D eigenvalue weighted by Crippen LogP contribution is -2.35. The molecule has 182 valence electrons. The summed E-state index contributed by atoms with van der Waals surface area (Å²) in [5, 5.41) is 0.494. The number of hydrogen-bond acceptors (Lipinski definition) is 3. The maximum absolute atomic E-state index is 14.5. The minimum atomic E-state index is -4.45. The summed E-state index contributed by atoms with van der Waals surface area (Å²) in [6, 6.07) is 8.15. The van der Waals surface area contributed by atoms with Crippen molar-refractivity contribution in [1.82, 2.24) is 0 Å². The second-order valence-electron chi connectivity index (χ2n) is 9.83. The molecule has 33 heavy (non-hydrogen) atoms. The molecular weight excluding hydrogens is 448 g/mol. The Morgan fingerprint density at radius 1 is 1.00 bits per heavy atom. The summed E-state index contributed by atoms with van der Waals surface area (Å²) >= 11 is 0. The highest BCUT2D eigenvalue weighted by Crippen LogP contribution is 2.53. The fourth-order valence-electron chi connectivity index (χ4n) is 4.98. The van der Waals surface area contributed by atoms with Gasteiger partial charge in [-0.3, -0.25) is 4.52 Å². The highest BCUT2D eigenvalue weighted by Gasteiger charge is 2.41. The summed E-state index contributed by atoms with van der Waals surface area (Å²) in [5.74, 6) is 1.11. The molecular formula is C26H34F3O3P. The average Bonchev–Trinajstić information content (AvgIpc) is 2.66. The molecule has 0 saturated heterocycles. The van der Waals surface area contributed by atoms with Crippen molar-refractivity contribution < 1.29 is 26.8 Å². The molecule has 3 rings (SSSR count).